The molecule has 2 heterocycles. The maximum atomic E-state index is 13.7. The molecule has 4 rings (SSSR count). The predicted molar refractivity (Wildman–Crippen MR) is 141 cm³/mol. The Hall–Kier alpha value is -3.07. The third-order valence-electron chi connectivity index (χ3n) is 5.87. The van der Waals surface area contributed by atoms with Gasteiger partial charge in [-0.15, -0.1) is 11.3 Å². The predicted octanol–water partition coefficient (Wildman–Crippen LogP) is 5.23. The summed E-state index contributed by atoms with van der Waals surface area (Å²) in [5.74, 6) is -0.230. The number of nitrogens with zero attached hydrogens (tertiary/aromatic N) is 3. The van der Waals surface area contributed by atoms with Gasteiger partial charge in [0.15, 0.2) is 0 Å². The molecule has 2 aromatic carbocycles. The lowest BCUT2D eigenvalue weighted by Gasteiger charge is -2.27. The summed E-state index contributed by atoms with van der Waals surface area (Å²) in [5, 5.41) is 2.76. The summed E-state index contributed by atoms with van der Waals surface area (Å²) in [6.07, 6.45) is 2.18. The Labute approximate surface area is 210 Å². The number of aryl methyl sites for hydroxylation is 1. The van der Waals surface area contributed by atoms with E-state index >= 15 is 0 Å². The highest BCUT2D eigenvalue weighted by atomic mass is 32.2. The third-order valence-corrected chi connectivity index (χ3v) is 8.75. The summed E-state index contributed by atoms with van der Waals surface area (Å²) in [7, 11) is -3.94. The number of benzene rings is 2. The molecule has 8 heteroatoms. The van der Waals surface area contributed by atoms with Crippen molar-refractivity contribution in [3.8, 4) is 0 Å². The summed E-state index contributed by atoms with van der Waals surface area (Å²) in [4.78, 5) is 20.9. The highest BCUT2D eigenvalue weighted by Gasteiger charge is 2.30. The van der Waals surface area contributed by atoms with Crippen molar-refractivity contribution in [3.05, 3.63) is 94.3 Å². The van der Waals surface area contributed by atoms with Crippen molar-refractivity contribution in [2.75, 3.05) is 13.1 Å². The number of amides is 1. The Morgan fingerprint density at radius 2 is 1.74 bits per heavy atom. The molecule has 0 saturated heterocycles. The summed E-state index contributed by atoms with van der Waals surface area (Å²) >= 11 is 1.60. The average molecular weight is 508 g/mol. The molecular formula is C27H29N3O3S2. The molecular weight excluding hydrogens is 478 g/mol. The monoisotopic (exact) mass is 507 g/mol. The Kier molecular flexibility index (Phi) is 7.95. The van der Waals surface area contributed by atoms with E-state index < -0.39 is 10.0 Å². The number of pyridine rings is 1. The first kappa shape index (κ1) is 25.0. The zero-order valence-corrected chi connectivity index (χ0v) is 21.6. The number of hydrogen-bond acceptors (Lipinski definition) is 5. The SMILES string of the molecule is CCCN(CC(=O)N(Cc1ccccc1)Cc1sccc1C)S(=O)(=O)c1cccc2cccnc12. The van der Waals surface area contributed by atoms with Crippen LogP contribution in [0.5, 0.6) is 0 Å². The lowest BCUT2D eigenvalue weighted by atomic mass is 10.2. The molecule has 2 aromatic heterocycles. The van der Waals surface area contributed by atoms with Crippen molar-refractivity contribution in [3.63, 3.8) is 0 Å². The Morgan fingerprint density at radius 1 is 0.971 bits per heavy atom. The van der Waals surface area contributed by atoms with Gasteiger partial charge in [0.25, 0.3) is 0 Å². The van der Waals surface area contributed by atoms with Crippen LogP contribution in [0.25, 0.3) is 10.9 Å². The number of para-hydroxylation sites is 1. The lowest BCUT2D eigenvalue weighted by molar-refractivity contribution is -0.132. The molecule has 0 radical (unpaired) electrons. The van der Waals surface area contributed by atoms with E-state index in [9.17, 15) is 13.2 Å². The fraction of sp³-hybridized carbons (Fsp3) is 0.259. The average Bonchev–Trinajstić information content (AvgIpc) is 3.27. The first-order valence-electron chi connectivity index (χ1n) is 11.6. The second-order valence-electron chi connectivity index (χ2n) is 8.43. The van der Waals surface area contributed by atoms with Crippen LogP contribution in [0.1, 0.15) is 29.3 Å². The van der Waals surface area contributed by atoms with Gasteiger partial charge in [0.1, 0.15) is 4.90 Å². The van der Waals surface area contributed by atoms with Crippen LogP contribution >= 0.6 is 11.3 Å². The second kappa shape index (κ2) is 11.1. The highest BCUT2D eigenvalue weighted by Crippen LogP contribution is 2.25. The van der Waals surface area contributed by atoms with Gasteiger partial charge in [-0.3, -0.25) is 9.78 Å². The van der Waals surface area contributed by atoms with Gasteiger partial charge in [-0.2, -0.15) is 4.31 Å². The summed E-state index contributed by atoms with van der Waals surface area (Å²) in [6, 6.07) is 20.5. The van der Waals surface area contributed by atoms with Crippen LogP contribution in [-0.4, -0.2) is 41.6 Å². The number of aromatic nitrogens is 1. The topological polar surface area (TPSA) is 70.6 Å². The van der Waals surface area contributed by atoms with Crippen LogP contribution in [0.3, 0.4) is 0 Å². The molecule has 0 N–H and O–H groups in total. The minimum absolute atomic E-state index is 0.126. The molecule has 6 nitrogen and oxygen atoms in total. The van der Waals surface area contributed by atoms with Crippen molar-refractivity contribution < 1.29 is 13.2 Å². The molecule has 0 aliphatic carbocycles. The fourth-order valence-corrected chi connectivity index (χ4v) is 6.55. The number of carbonyl (C=O) groups excluding carboxylic acids is 1. The fourth-order valence-electron chi connectivity index (χ4n) is 3.98. The number of thiophene rings is 1. The molecule has 0 aliphatic rings. The van der Waals surface area contributed by atoms with Crippen molar-refractivity contribution >= 4 is 38.2 Å². The van der Waals surface area contributed by atoms with Gasteiger partial charge in [-0.25, -0.2) is 8.42 Å². The first-order valence-corrected chi connectivity index (χ1v) is 13.9. The highest BCUT2D eigenvalue weighted by molar-refractivity contribution is 7.89. The molecule has 0 fully saturated rings. The van der Waals surface area contributed by atoms with Gasteiger partial charge in [0.2, 0.25) is 15.9 Å². The normalized spacial score (nSPS) is 11.7. The molecule has 0 saturated carbocycles. The molecule has 0 aliphatic heterocycles. The van der Waals surface area contributed by atoms with Crippen molar-refractivity contribution in [1.29, 1.82) is 0 Å². The van der Waals surface area contributed by atoms with Crippen LogP contribution < -0.4 is 0 Å². The van der Waals surface area contributed by atoms with Crippen LogP contribution in [0, 0.1) is 6.92 Å². The molecule has 0 bridgehead atoms. The lowest BCUT2D eigenvalue weighted by Crippen LogP contribution is -2.42. The molecule has 0 spiro atoms. The molecule has 1 amide bonds. The van der Waals surface area contributed by atoms with Crippen molar-refractivity contribution in [1.82, 2.24) is 14.2 Å². The first-order chi connectivity index (χ1) is 16.9. The van der Waals surface area contributed by atoms with Crippen LogP contribution in [0.2, 0.25) is 0 Å². The molecule has 4 aromatic rings. The van der Waals surface area contributed by atoms with E-state index in [1.807, 2.05) is 67.8 Å². The van der Waals surface area contributed by atoms with Crippen LogP contribution in [-0.2, 0) is 27.9 Å². The molecule has 182 valence electrons. The zero-order chi connectivity index (χ0) is 24.8. The smallest absolute Gasteiger partial charge is 0.245 e. The van der Waals surface area contributed by atoms with Crippen LogP contribution in [0.4, 0.5) is 0 Å². The Bertz CT molecular complexity index is 1400. The van der Waals surface area contributed by atoms with Gasteiger partial charge >= 0.3 is 0 Å². The maximum absolute atomic E-state index is 13.7. The van der Waals surface area contributed by atoms with Gasteiger partial charge in [-0.1, -0.05) is 55.5 Å². The van der Waals surface area contributed by atoms with E-state index in [1.165, 1.54) is 4.31 Å². The number of rotatable bonds is 10. The van der Waals surface area contributed by atoms with Gasteiger partial charge in [-0.05, 0) is 48.1 Å². The maximum Gasteiger partial charge on any atom is 0.245 e. The standard InChI is InChI=1S/C27H29N3O3S2/c1-3-16-30(35(32,33)25-13-7-11-23-12-8-15-28-27(23)25)20-26(31)29(18-22-9-5-4-6-10-22)19-24-21(2)14-17-34-24/h4-15,17H,3,16,18-20H2,1-2H3. The number of fused-ring (bicyclic) bond motifs is 1. The summed E-state index contributed by atoms with van der Waals surface area (Å²) in [6.45, 7) is 4.80. The summed E-state index contributed by atoms with van der Waals surface area (Å²) < 4.78 is 28.8. The van der Waals surface area contributed by atoms with Crippen molar-refractivity contribution in [2.45, 2.75) is 38.3 Å². The zero-order valence-electron chi connectivity index (χ0n) is 19.9. The molecule has 0 unspecified atom stereocenters. The quantitative estimate of drug-likeness (QED) is 0.295. The largest absolute Gasteiger partial charge is 0.332 e. The second-order valence-corrected chi connectivity index (χ2v) is 11.3. The van der Waals surface area contributed by atoms with Crippen molar-refractivity contribution in [2.24, 2.45) is 0 Å². The third kappa shape index (κ3) is 5.78. The Morgan fingerprint density at radius 3 is 2.46 bits per heavy atom. The van der Waals surface area contributed by atoms with E-state index in [4.69, 9.17) is 0 Å². The number of sulfonamides is 1. The molecule has 35 heavy (non-hydrogen) atoms. The number of carbonyl (C=O) groups is 1. The minimum Gasteiger partial charge on any atom is -0.332 e. The summed E-state index contributed by atoms with van der Waals surface area (Å²) in [5.41, 5.74) is 2.54. The van der Waals surface area contributed by atoms with E-state index in [1.54, 1.807) is 40.6 Å². The Balaban J connectivity index is 1.64. The number of hydrogen-bond donors (Lipinski definition) is 0. The molecule has 0 atom stereocenters. The van der Waals surface area contributed by atoms with E-state index in [2.05, 4.69) is 4.98 Å². The minimum atomic E-state index is -3.94. The van der Waals surface area contributed by atoms with Crippen LogP contribution in [0.15, 0.2) is 83.2 Å². The van der Waals surface area contributed by atoms with E-state index in [-0.39, 0.29) is 23.9 Å². The van der Waals surface area contributed by atoms with E-state index in [0.29, 0.717) is 25.0 Å². The van der Waals surface area contributed by atoms with Gasteiger partial charge in [0, 0.05) is 29.5 Å². The van der Waals surface area contributed by atoms with Gasteiger partial charge < -0.3 is 4.90 Å². The van der Waals surface area contributed by atoms with Gasteiger partial charge in [0.05, 0.1) is 18.6 Å². The van der Waals surface area contributed by atoms with E-state index in [0.717, 1.165) is 21.4 Å².